The highest BCUT2D eigenvalue weighted by atomic mass is 31.2. The fourth-order valence-corrected chi connectivity index (χ4v) is 14.2. The molecule has 0 aromatic heterocycles. The Morgan fingerprint density at radius 1 is 0.277 bits per heavy atom. The molecule has 0 amide bonds. The summed E-state index contributed by atoms with van der Waals surface area (Å²) in [5.74, 6) is 0.997. The topological polar surface area (TPSA) is 237 Å². The number of phosphoric acid groups is 2. The second-order valence-corrected chi connectivity index (χ2v) is 34.1. The quantitative estimate of drug-likeness (QED) is 0.0222. The number of ether oxygens (including phenoxy) is 4. The van der Waals surface area contributed by atoms with Crippen LogP contribution in [0.3, 0.4) is 0 Å². The molecule has 600 valence electrons. The van der Waals surface area contributed by atoms with Crippen molar-refractivity contribution in [2.45, 2.75) is 440 Å². The largest absolute Gasteiger partial charge is 0.472 e. The SMILES string of the molecule is CCC(C)CCCCCCCCCCCCCCCCC(=O)OC[C@H](COP(=O)(O)OCC(O)COP(=O)(O)OC[C@@H](COC(=O)CCCCCCCCCC(C)C)OC(=O)CCCCCCCCCCCCCCCCCCCCC(C)C)OC(=O)CCCCCCCCCCCC(C)C. The van der Waals surface area contributed by atoms with Gasteiger partial charge in [-0.1, -0.05) is 370 Å². The van der Waals surface area contributed by atoms with Gasteiger partial charge < -0.3 is 33.8 Å². The van der Waals surface area contributed by atoms with Gasteiger partial charge in [-0.3, -0.25) is 37.3 Å². The Morgan fingerprint density at radius 2 is 0.475 bits per heavy atom. The fourth-order valence-electron chi connectivity index (χ4n) is 12.6. The van der Waals surface area contributed by atoms with E-state index in [1.165, 1.54) is 218 Å². The second kappa shape index (κ2) is 71.0. The monoisotopic (exact) mass is 1480 g/mol. The molecule has 17 nitrogen and oxygen atoms in total. The van der Waals surface area contributed by atoms with Crippen LogP contribution in [0.15, 0.2) is 0 Å². The number of phosphoric ester groups is 2. The molecule has 19 heteroatoms. The molecule has 0 aliphatic heterocycles. The molecule has 3 N–H and O–H groups in total. The molecule has 0 radical (unpaired) electrons. The molecule has 0 aromatic rings. The summed E-state index contributed by atoms with van der Waals surface area (Å²) in [5, 5.41) is 10.6. The molecule has 0 aromatic carbocycles. The Hall–Kier alpha value is -1.94. The van der Waals surface area contributed by atoms with Gasteiger partial charge >= 0.3 is 39.5 Å². The van der Waals surface area contributed by atoms with Gasteiger partial charge in [0.15, 0.2) is 12.2 Å². The number of hydrogen-bond donors (Lipinski definition) is 3. The van der Waals surface area contributed by atoms with Gasteiger partial charge in [-0.15, -0.1) is 0 Å². The minimum atomic E-state index is -4.96. The number of esters is 4. The maximum Gasteiger partial charge on any atom is 0.472 e. The van der Waals surface area contributed by atoms with Crippen molar-refractivity contribution in [1.82, 2.24) is 0 Å². The summed E-state index contributed by atoms with van der Waals surface area (Å²) in [7, 11) is -9.92. The van der Waals surface area contributed by atoms with Crippen LogP contribution in [-0.2, 0) is 65.4 Å². The van der Waals surface area contributed by atoms with E-state index in [0.29, 0.717) is 31.6 Å². The van der Waals surface area contributed by atoms with E-state index in [1.54, 1.807) is 0 Å². The number of unbranched alkanes of at least 4 members (excludes halogenated alkanes) is 44. The van der Waals surface area contributed by atoms with Gasteiger partial charge in [0.05, 0.1) is 26.4 Å². The van der Waals surface area contributed by atoms with E-state index < -0.39 is 97.5 Å². The van der Waals surface area contributed by atoms with Gasteiger partial charge in [0.25, 0.3) is 0 Å². The zero-order chi connectivity index (χ0) is 74.6. The molecule has 0 heterocycles. The van der Waals surface area contributed by atoms with Crippen LogP contribution >= 0.6 is 15.6 Å². The summed E-state index contributed by atoms with van der Waals surface area (Å²) < 4.78 is 68.7. The molecular weight excluding hydrogens is 1320 g/mol. The van der Waals surface area contributed by atoms with Crippen LogP contribution in [0, 0.1) is 23.7 Å². The number of carbonyl (C=O) groups is 4. The molecule has 4 unspecified atom stereocenters. The molecule has 0 saturated carbocycles. The molecule has 0 spiro atoms. The Kier molecular flexibility index (Phi) is 69.6. The first-order chi connectivity index (χ1) is 48.6. The number of aliphatic hydroxyl groups is 1. The van der Waals surface area contributed by atoms with E-state index in [-0.39, 0.29) is 25.7 Å². The summed E-state index contributed by atoms with van der Waals surface area (Å²) in [6, 6.07) is 0. The summed E-state index contributed by atoms with van der Waals surface area (Å²) >= 11 is 0. The molecule has 0 aliphatic carbocycles. The van der Waals surface area contributed by atoms with E-state index in [9.17, 15) is 43.2 Å². The third-order valence-electron chi connectivity index (χ3n) is 19.4. The Bertz CT molecular complexity index is 1970. The van der Waals surface area contributed by atoms with Crippen molar-refractivity contribution in [3.8, 4) is 0 Å². The molecular formula is C82H160O17P2. The highest BCUT2D eigenvalue weighted by Crippen LogP contribution is 2.45. The van der Waals surface area contributed by atoms with Gasteiger partial charge in [-0.2, -0.15) is 0 Å². The Morgan fingerprint density at radius 3 is 0.703 bits per heavy atom. The van der Waals surface area contributed by atoms with Crippen LogP contribution < -0.4 is 0 Å². The molecule has 6 atom stereocenters. The first-order valence-electron chi connectivity index (χ1n) is 42.2. The lowest BCUT2D eigenvalue weighted by molar-refractivity contribution is -0.161. The zero-order valence-corrected chi connectivity index (χ0v) is 68.3. The first-order valence-corrected chi connectivity index (χ1v) is 45.2. The average Bonchev–Trinajstić information content (AvgIpc) is 0.945. The predicted molar refractivity (Wildman–Crippen MR) is 414 cm³/mol. The Balaban J connectivity index is 5.18. The van der Waals surface area contributed by atoms with Crippen molar-refractivity contribution < 1.29 is 80.2 Å². The van der Waals surface area contributed by atoms with Gasteiger partial charge in [-0.25, -0.2) is 9.13 Å². The van der Waals surface area contributed by atoms with Crippen molar-refractivity contribution in [1.29, 1.82) is 0 Å². The second-order valence-electron chi connectivity index (χ2n) is 31.2. The summed E-state index contributed by atoms with van der Waals surface area (Å²) in [6.07, 6.45) is 58.4. The Labute approximate surface area is 619 Å². The van der Waals surface area contributed by atoms with E-state index in [4.69, 9.17) is 37.0 Å². The van der Waals surface area contributed by atoms with E-state index in [1.807, 2.05) is 0 Å². The van der Waals surface area contributed by atoms with Gasteiger partial charge in [0.1, 0.15) is 19.3 Å². The molecule has 0 aliphatic rings. The van der Waals surface area contributed by atoms with Crippen LogP contribution in [0.5, 0.6) is 0 Å². The molecule has 0 fully saturated rings. The maximum absolute atomic E-state index is 13.1. The van der Waals surface area contributed by atoms with Crippen LogP contribution in [0.1, 0.15) is 421 Å². The fraction of sp³-hybridized carbons (Fsp3) is 0.951. The van der Waals surface area contributed by atoms with Crippen LogP contribution in [0.25, 0.3) is 0 Å². The van der Waals surface area contributed by atoms with Crippen LogP contribution in [-0.4, -0.2) is 96.7 Å². The van der Waals surface area contributed by atoms with Crippen molar-refractivity contribution in [3.05, 3.63) is 0 Å². The first kappa shape index (κ1) is 99.1. The molecule has 0 bridgehead atoms. The van der Waals surface area contributed by atoms with E-state index in [2.05, 4.69) is 55.4 Å². The highest BCUT2D eigenvalue weighted by molar-refractivity contribution is 7.47. The molecule has 0 rings (SSSR count). The van der Waals surface area contributed by atoms with Crippen LogP contribution in [0.2, 0.25) is 0 Å². The third-order valence-corrected chi connectivity index (χ3v) is 21.3. The number of aliphatic hydroxyl groups excluding tert-OH is 1. The normalized spacial score (nSPS) is 14.3. The highest BCUT2D eigenvalue weighted by Gasteiger charge is 2.30. The summed E-state index contributed by atoms with van der Waals surface area (Å²) in [6.45, 7) is 14.3. The van der Waals surface area contributed by atoms with Crippen molar-refractivity contribution >= 4 is 39.5 Å². The van der Waals surface area contributed by atoms with E-state index >= 15 is 0 Å². The zero-order valence-electron chi connectivity index (χ0n) is 66.5. The number of rotatable bonds is 79. The minimum absolute atomic E-state index is 0.105. The smallest absolute Gasteiger partial charge is 0.462 e. The van der Waals surface area contributed by atoms with Crippen molar-refractivity contribution in [2.24, 2.45) is 23.7 Å². The number of carbonyl (C=O) groups excluding carboxylic acids is 4. The lowest BCUT2D eigenvalue weighted by Gasteiger charge is -2.21. The standard InChI is InChI=1S/C82H160O17P2/c1-9-75(8)61-53-45-37-29-23-19-16-17-20-24-30-38-46-54-62-79(84)92-68-77(99-82(87)65-57-49-40-32-26-28-35-43-51-59-73(4)5)70-96-100(88,89)94-66-76(83)67-95-101(90,91)97-71-78(69-93-80(85)63-55-47-41-33-36-44-52-60-74(6)7)98-81(86)64-56-48-39-31-25-21-15-13-11-10-12-14-18-22-27-34-42-50-58-72(2)3/h72-78,83H,9-71H2,1-8H3,(H,88,89)(H,90,91)/t75?,76?,77-,78-/m1/s1. The summed E-state index contributed by atoms with van der Waals surface area (Å²) in [5.41, 5.74) is 0. The minimum Gasteiger partial charge on any atom is -0.462 e. The lowest BCUT2D eigenvalue weighted by atomic mass is 9.99. The number of hydrogen-bond acceptors (Lipinski definition) is 15. The van der Waals surface area contributed by atoms with Gasteiger partial charge in [0, 0.05) is 25.7 Å². The molecule has 0 saturated heterocycles. The maximum atomic E-state index is 13.1. The van der Waals surface area contributed by atoms with Gasteiger partial charge in [-0.05, 0) is 49.4 Å². The summed E-state index contributed by atoms with van der Waals surface area (Å²) in [4.78, 5) is 73.0. The van der Waals surface area contributed by atoms with Gasteiger partial charge in [0.2, 0.25) is 0 Å². The van der Waals surface area contributed by atoms with Crippen molar-refractivity contribution in [2.75, 3.05) is 39.6 Å². The van der Waals surface area contributed by atoms with E-state index in [0.717, 1.165) is 114 Å². The van der Waals surface area contributed by atoms with Crippen LogP contribution in [0.4, 0.5) is 0 Å². The molecule has 101 heavy (non-hydrogen) atoms. The lowest BCUT2D eigenvalue weighted by Crippen LogP contribution is -2.30. The van der Waals surface area contributed by atoms with Crippen molar-refractivity contribution in [3.63, 3.8) is 0 Å². The third kappa shape index (κ3) is 74.7. The predicted octanol–water partition coefficient (Wildman–Crippen LogP) is 24.4. The average molecular weight is 1480 g/mol.